The fourth-order valence-electron chi connectivity index (χ4n) is 1.09. The van der Waals surface area contributed by atoms with Crippen LogP contribution in [0.25, 0.3) is 0 Å². The second-order valence-corrected chi connectivity index (χ2v) is 3.01. The number of hydrogen-bond acceptors (Lipinski definition) is 1. The van der Waals surface area contributed by atoms with E-state index in [1.807, 2.05) is 31.2 Å². The van der Waals surface area contributed by atoms with Crippen molar-refractivity contribution in [2.24, 2.45) is 0 Å². The van der Waals surface area contributed by atoms with E-state index >= 15 is 0 Å². The zero-order valence-corrected chi connectivity index (χ0v) is 8.84. The molecule has 0 heterocycles. The Kier molecular flexibility index (Phi) is 4.64. The number of rotatable bonds is 3. The van der Waals surface area contributed by atoms with Crippen LogP contribution in [-0.2, 0) is 0 Å². The summed E-state index contributed by atoms with van der Waals surface area (Å²) in [5, 5.41) is 0. The van der Waals surface area contributed by atoms with Gasteiger partial charge >= 0.3 is 0 Å². The standard InChI is InChI=1S/C13H16O/c1-3-5-6-7-12-8-10-13(11-9-12)14-4-2/h8-11H,3-5H2,1-2H3. The van der Waals surface area contributed by atoms with Crippen LogP contribution in [0, 0.1) is 11.8 Å². The van der Waals surface area contributed by atoms with Gasteiger partial charge < -0.3 is 4.74 Å². The van der Waals surface area contributed by atoms with Crippen molar-refractivity contribution in [3.05, 3.63) is 29.8 Å². The Labute approximate surface area is 86.1 Å². The highest BCUT2D eigenvalue weighted by molar-refractivity contribution is 5.38. The second-order valence-electron chi connectivity index (χ2n) is 3.01. The number of benzene rings is 1. The smallest absolute Gasteiger partial charge is 0.119 e. The molecule has 0 bridgehead atoms. The third-order valence-electron chi connectivity index (χ3n) is 1.77. The van der Waals surface area contributed by atoms with E-state index in [9.17, 15) is 0 Å². The minimum Gasteiger partial charge on any atom is -0.494 e. The highest BCUT2D eigenvalue weighted by atomic mass is 16.5. The summed E-state index contributed by atoms with van der Waals surface area (Å²) >= 11 is 0. The summed E-state index contributed by atoms with van der Waals surface area (Å²) in [5.74, 6) is 7.13. The van der Waals surface area contributed by atoms with Crippen LogP contribution in [0.5, 0.6) is 5.75 Å². The lowest BCUT2D eigenvalue weighted by Crippen LogP contribution is -1.90. The largest absolute Gasteiger partial charge is 0.494 e. The van der Waals surface area contributed by atoms with Gasteiger partial charge in [-0.3, -0.25) is 0 Å². The first-order chi connectivity index (χ1) is 6.86. The lowest BCUT2D eigenvalue weighted by atomic mass is 10.2. The molecule has 1 heteroatoms. The average Bonchev–Trinajstić information content (AvgIpc) is 2.21. The third-order valence-corrected chi connectivity index (χ3v) is 1.77. The first-order valence-electron chi connectivity index (χ1n) is 5.08. The van der Waals surface area contributed by atoms with Gasteiger partial charge in [-0.2, -0.15) is 0 Å². The fraction of sp³-hybridized carbons (Fsp3) is 0.385. The van der Waals surface area contributed by atoms with E-state index in [-0.39, 0.29) is 0 Å². The quantitative estimate of drug-likeness (QED) is 0.662. The van der Waals surface area contributed by atoms with Crippen molar-refractivity contribution >= 4 is 0 Å². The fourth-order valence-corrected chi connectivity index (χ4v) is 1.09. The Morgan fingerprint density at radius 3 is 2.43 bits per heavy atom. The average molecular weight is 188 g/mol. The lowest BCUT2D eigenvalue weighted by molar-refractivity contribution is 0.340. The monoisotopic (exact) mass is 188 g/mol. The van der Waals surface area contributed by atoms with Gasteiger partial charge in [-0.05, 0) is 37.6 Å². The van der Waals surface area contributed by atoms with Crippen LogP contribution in [0.3, 0.4) is 0 Å². The Bertz CT molecular complexity index is 313. The SMILES string of the molecule is CCCC#Cc1ccc(OCC)cc1. The predicted molar refractivity (Wildman–Crippen MR) is 59.4 cm³/mol. The van der Waals surface area contributed by atoms with Gasteiger partial charge in [0.2, 0.25) is 0 Å². The van der Waals surface area contributed by atoms with Gasteiger partial charge in [-0.15, -0.1) is 0 Å². The number of hydrogen-bond donors (Lipinski definition) is 0. The van der Waals surface area contributed by atoms with E-state index in [1.165, 1.54) is 0 Å². The summed E-state index contributed by atoms with van der Waals surface area (Å²) in [4.78, 5) is 0. The van der Waals surface area contributed by atoms with Crippen molar-refractivity contribution < 1.29 is 4.74 Å². The van der Waals surface area contributed by atoms with Gasteiger partial charge in [0, 0.05) is 12.0 Å². The van der Waals surface area contributed by atoms with E-state index in [2.05, 4.69) is 18.8 Å². The van der Waals surface area contributed by atoms with Gasteiger partial charge in [0.25, 0.3) is 0 Å². The molecule has 0 atom stereocenters. The highest BCUT2D eigenvalue weighted by Gasteiger charge is 1.90. The molecule has 0 aliphatic heterocycles. The normalized spacial score (nSPS) is 9.00. The molecule has 0 aliphatic carbocycles. The summed E-state index contributed by atoms with van der Waals surface area (Å²) in [6, 6.07) is 7.90. The molecule has 1 nitrogen and oxygen atoms in total. The van der Waals surface area contributed by atoms with Crippen molar-refractivity contribution in [3.8, 4) is 17.6 Å². The molecule has 0 aromatic heterocycles. The number of unbranched alkanes of at least 4 members (excludes halogenated alkanes) is 1. The molecule has 0 saturated heterocycles. The Morgan fingerprint density at radius 2 is 1.86 bits per heavy atom. The van der Waals surface area contributed by atoms with E-state index in [1.54, 1.807) is 0 Å². The summed E-state index contributed by atoms with van der Waals surface area (Å²) in [6.45, 7) is 4.82. The highest BCUT2D eigenvalue weighted by Crippen LogP contribution is 2.11. The Balaban J connectivity index is 2.60. The van der Waals surface area contributed by atoms with Crippen LogP contribution in [-0.4, -0.2) is 6.61 Å². The second kappa shape index (κ2) is 6.10. The zero-order chi connectivity index (χ0) is 10.2. The lowest BCUT2D eigenvalue weighted by Gasteiger charge is -2.01. The van der Waals surface area contributed by atoms with Crippen molar-refractivity contribution in [3.63, 3.8) is 0 Å². The van der Waals surface area contributed by atoms with Crippen LogP contribution in [0.2, 0.25) is 0 Å². The molecule has 0 N–H and O–H groups in total. The molecule has 0 spiro atoms. The maximum absolute atomic E-state index is 5.34. The Hall–Kier alpha value is -1.42. The minimum atomic E-state index is 0.709. The maximum Gasteiger partial charge on any atom is 0.119 e. The van der Waals surface area contributed by atoms with Gasteiger partial charge in [0.15, 0.2) is 0 Å². The first-order valence-corrected chi connectivity index (χ1v) is 5.08. The van der Waals surface area contributed by atoms with Crippen LogP contribution in [0.15, 0.2) is 24.3 Å². The summed E-state index contributed by atoms with van der Waals surface area (Å²) in [7, 11) is 0. The molecule has 74 valence electrons. The summed E-state index contributed by atoms with van der Waals surface area (Å²) < 4.78 is 5.34. The molecule has 14 heavy (non-hydrogen) atoms. The molecule has 0 fully saturated rings. The van der Waals surface area contributed by atoms with Crippen LogP contribution in [0.1, 0.15) is 32.3 Å². The number of ether oxygens (including phenoxy) is 1. The van der Waals surface area contributed by atoms with E-state index < -0.39 is 0 Å². The summed E-state index contributed by atoms with van der Waals surface area (Å²) in [6.07, 6.45) is 2.08. The molecule has 0 radical (unpaired) electrons. The van der Waals surface area contributed by atoms with E-state index in [0.717, 1.165) is 24.2 Å². The molecule has 1 aromatic rings. The molecule has 0 saturated carbocycles. The van der Waals surface area contributed by atoms with Crippen LogP contribution in [0.4, 0.5) is 0 Å². The molecule has 1 aromatic carbocycles. The Morgan fingerprint density at radius 1 is 1.14 bits per heavy atom. The van der Waals surface area contributed by atoms with E-state index in [0.29, 0.717) is 6.61 Å². The van der Waals surface area contributed by atoms with Gasteiger partial charge in [-0.1, -0.05) is 18.8 Å². The molecular weight excluding hydrogens is 172 g/mol. The third kappa shape index (κ3) is 3.53. The molecule has 1 rings (SSSR count). The van der Waals surface area contributed by atoms with Crippen molar-refractivity contribution in [1.29, 1.82) is 0 Å². The van der Waals surface area contributed by atoms with Crippen molar-refractivity contribution in [1.82, 2.24) is 0 Å². The van der Waals surface area contributed by atoms with Gasteiger partial charge in [0.05, 0.1) is 6.61 Å². The van der Waals surface area contributed by atoms with Crippen LogP contribution >= 0.6 is 0 Å². The molecular formula is C13H16O. The maximum atomic E-state index is 5.34. The summed E-state index contributed by atoms with van der Waals surface area (Å²) in [5.41, 5.74) is 1.06. The van der Waals surface area contributed by atoms with Gasteiger partial charge in [-0.25, -0.2) is 0 Å². The predicted octanol–water partition coefficient (Wildman–Crippen LogP) is 3.24. The van der Waals surface area contributed by atoms with Gasteiger partial charge in [0.1, 0.15) is 5.75 Å². The molecule has 0 amide bonds. The van der Waals surface area contributed by atoms with Crippen LogP contribution < -0.4 is 4.74 Å². The zero-order valence-electron chi connectivity index (χ0n) is 8.84. The molecule has 0 aliphatic rings. The first kappa shape index (κ1) is 10.7. The van der Waals surface area contributed by atoms with E-state index in [4.69, 9.17) is 4.74 Å². The molecule has 0 unspecified atom stereocenters. The topological polar surface area (TPSA) is 9.23 Å². The minimum absolute atomic E-state index is 0.709. The van der Waals surface area contributed by atoms with Crippen molar-refractivity contribution in [2.45, 2.75) is 26.7 Å². The van der Waals surface area contributed by atoms with Crippen molar-refractivity contribution in [2.75, 3.05) is 6.61 Å².